The van der Waals surface area contributed by atoms with Crippen molar-refractivity contribution in [3.63, 3.8) is 0 Å². The van der Waals surface area contributed by atoms with Gasteiger partial charge in [-0.05, 0) is 41.6 Å². The summed E-state index contributed by atoms with van der Waals surface area (Å²) < 4.78 is 14.6. The van der Waals surface area contributed by atoms with Gasteiger partial charge < -0.3 is 0 Å². The molecule has 0 spiro atoms. The number of thioether (sulfide) groups is 1. The van der Waals surface area contributed by atoms with Crippen LogP contribution in [0.15, 0.2) is 22.4 Å². The largest absolute Gasteiger partial charge is 0.207 e. The summed E-state index contributed by atoms with van der Waals surface area (Å²) in [4.78, 5) is 1.07. The van der Waals surface area contributed by atoms with Gasteiger partial charge in [0.25, 0.3) is 0 Å². The standard InChI is InChI=1S/C10H9FS2/c1-6-8(11)5-7-3-4-13-10(7)9(6)12-2/h3-5H,1-2H3. The third-order valence-electron chi connectivity index (χ3n) is 2.09. The van der Waals surface area contributed by atoms with Gasteiger partial charge in [-0.1, -0.05) is 0 Å². The van der Waals surface area contributed by atoms with Crippen molar-refractivity contribution in [1.29, 1.82) is 0 Å². The summed E-state index contributed by atoms with van der Waals surface area (Å²) in [5, 5.41) is 3.01. The van der Waals surface area contributed by atoms with Crippen molar-refractivity contribution in [2.24, 2.45) is 0 Å². The van der Waals surface area contributed by atoms with Gasteiger partial charge in [-0.25, -0.2) is 4.39 Å². The van der Waals surface area contributed by atoms with Crippen molar-refractivity contribution >= 4 is 33.2 Å². The Balaban J connectivity index is 2.87. The van der Waals surface area contributed by atoms with Crippen molar-refractivity contribution in [2.75, 3.05) is 6.26 Å². The Labute approximate surface area is 84.8 Å². The Hall–Kier alpha value is -0.540. The lowest BCUT2D eigenvalue weighted by Gasteiger charge is -2.04. The maximum Gasteiger partial charge on any atom is 0.127 e. The molecule has 0 aliphatic rings. The minimum absolute atomic E-state index is 0.102. The first kappa shape index (κ1) is 9.03. The summed E-state index contributed by atoms with van der Waals surface area (Å²) in [6.45, 7) is 1.83. The fraction of sp³-hybridized carbons (Fsp3) is 0.200. The Morgan fingerprint density at radius 2 is 2.23 bits per heavy atom. The van der Waals surface area contributed by atoms with E-state index in [9.17, 15) is 4.39 Å². The molecule has 1 aromatic carbocycles. The number of halogens is 1. The number of fused-ring (bicyclic) bond motifs is 1. The van der Waals surface area contributed by atoms with Crippen molar-refractivity contribution in [2.45, 2.75) is 11.8 Å². The van der Waals surface area contributed by atoms with Crippen LogP contribution in [-0.2, 0) is 0 Å². The number of thiophene rings is 1. The summed E-state index contributed by atoms with van der Waals surface area (Å²) in [6.07, 6.45) is 1.99. The van der Waals surface area contributed by atoms with Gasteiger partial charge in [-0.15, -0.1) is 23.1 Å². The van der Waals surface area contributed by atoms with Crippen LogP contribution in [-0.4, -0.2) is 6.26 Å². The van der Waals surface area contributed by atoms with Crippen molar-refractivity contribution in [3.05, 3.63) is 28.9 Å². The summed E-state index contributed by atoms with van der Waals surface area (Å²) >= 11 is 3.29. The number of hydrogen-bond acceptors (Lipinski definition) is 2. The molecule has 0 fully saturated rings. The third kappa shape index (κ3) is 1.36. The van der Waals surface area contributed by atoms with Crippen LogP contribution in [0.1, 0.15) is 5.56 Å². The van der Waals surface area contributed by atoms with Crippen molar-refractivity contribution < 1.29 is 4.39 Å². The predicted molar refractivity (Wildman–Crippen MR) is 58.3 cm³/mol. The molecule has 68 valence electrons. The molecule has 0 atom stereocenters. The highest BCUT2D eigenvalue weighted by atomic mass is 32.2. The van der Waals surface area contributed by atoms with E-state index in [2.05, 4.69) is 0 Å². The van der Waals surface area contributed by atoms with Crippen LogP contribution in [0.3, 0.4) is 0 Å². The average Bonchev–Trinajstić information content (AvgIpc) is 2.54. The first-order chi connectivity index (χ1) is 6.24. The molecule has 1 aromatic heterocycles. The number of rotatable bonds is 1. The van der Waals surface area contributed by atoms with E-state index in [1.165, 1.54) is 4.70 Å². The molecular formula is C10H9FS2. The summed E-state index contributed by atoms with van der Waals surface area (Å²) in [5.41, 5.74) is 0.766. The number of hydrogen-bond donors (Lipinski definition) is 0. The molecule has 0 bridgehead atoms. The quantitative estimate of drug-likeness (QED) is 0.642. The third-order valence-corrected chi connectivity index (χ3v) is 4.08. The van der Waals surface area contributed by atoms with E-state index in [0.29, 0.717) is 0 Å². The van der Waals surface area contributed by atoms with Crippen LogP contribution in [0.25, 0.3) is 10.1 Å². The lowest BCUT2D eigenvalue weighted by Crippen LogP contribution is -1.85. The monoisotopic (exact) mass is 212 g/mol. The highest BCUT2D eigenvalue weighted by molar-refractivity contribution is 7.99. The molecule has 0 aliphatic heterocycles. The number of benzene rings is 1. The average molecular weight is 212 g/mol. The van der Waals surface area contributed by atoms with E-state index in [-0.39, 0.29) is 5.82 Å². The molecule has 13 heavy (non-hydrogen) atoms. The Kier molecular flexibility index (Phi) is 2.30. The van der Waals surface area contributed by atoms with E-state index < -0.39 is 0 Å². The molecule has 0 saturated heterocycles. The van der Waals surface area contributed by atoms with Gasteiger partial charge in [0.05, 0.1) is 0 Å². The zero-order chi connectivity index (χ0) is 9.42. The lowest BCUT2D eigenvalue weighted by atomic mass is 10.2. The van der Waals surface area contributed by atoms with Crippen molar-refractivity contribution in [3.8, 4) is 0 Å². The topological polar surface area (TPSA) is 0 Å². The fourth-order valence-electron chi connectivity index (χ4n) is 1.39. The SMILES string of the molecule is CSc1c(C)c(F)cc2ccsc12. The van der Waals surface area contributed by atoms with E-state index >= 15 is 0 Å². The molecule has 3 heteroatoms. The minimum Gasteiger partial charge on any atom is -0.207 e. The molecular weight excluding hydrogens is 203 g/mol. The van der Waals surface area contributed by atoms with Crippen molar-refractivity contribution in [1.82, 2.24) is 0 Å². The van der Waals surface area contributed by atoms with E-state index in [0.717, 1.165) is 15.8 Å². The van der Waals surface area contributed by atoms with E-state index in [4.69, 9.17) is 0 Å². The van der Waals surface area contributed by atoms with E-state index in [1.807, 2.05) is 24.6 Å². The Morgan fingerprint density at radius 3 is 2.92 bits per heavy atom. The summed E-state index contributed by atoms with van der Waals surface area (Å²) in [6, 6.07) is 3.57. The molecule has 0 radical (unpaired) electrons. The summed E-state index contributed by atoms with van der Waals surface area (Å²) in [5.74, 6) is -0.102. The molecule has 0 unspecified atom stereocenters. The highest BCUT2D eigenvalue weighted by Crippen LogP contribution is 2.34. The zero-order valence-electron chi connectivity index (χ0n) is 7.43. The van der Waals surface area contributed by atoms with Crippen LogP contribution in [0.5, 0.6) is 0 Å². The molecule has 0 amide bonds. The van der Waals surface area contributed by atoms with Crippen LogP contribution < -0.4 is 0 Å². The smallest absolute Gasteiger partial charge is 0.127 e. The molecule has 1 heterocycles. The van der Waals surface area contributed by atoms with Gasteiger partial charge in [0.1, 0.15) is 5.82 Å². The first-order valence-corrected chi connectivity index (χ1v) is 6.04. The minimum atomic E-state index is -0.102. The second-order valence-electron chi connectivity index (χ2n) is 2.86. The van der Waals surface area contributed by atoms with Gasteiger partial charge in [0.2, 0.25) is 0 Å². The van der Waals surface area contributed by atoms with Crippen LogP contribution >= 0.6 is 23.1 Å². The fourth-order valence-corrected chi connectivity index (χ4v) is 3.36. The normalized spacial score (nSPS) is 11.0. The molecule has 2 aromatic rings. The molecule has 2 rings (SSSR count). The molecule has 0 aliphatic carbocycles. The lowest BCUT2D eigenvalue weighted by molar-refractivity contribution is 0.616. The van der Waals surface area contributed by atoms with Gasteiger partial charge in [0.15, 0.2) is 0 Å². The Bertz CT molecular complexity index is 445. The highest BCUT2D eigenvalue weighted by Gasteiger charge is 2.09. The second kappa shape index (κ2) is 3.31. The van der Waals surface area contributed by atoms with E-state index in [1.54, 1.807) is 29.2 Å². The van der Waals surface area contributed by atoms with Gasteiger partial charge in [-0.3, -0.25) is 0 Å². The van der Waals surface area contributed by atoms with Gasteiger partial charge in [0, 0.05) is 9.60 Å². The maximum absolute atomic E-state index is 13.4. The van der Waals surface area contributed by atoms with Crippen LogP contribution in [0, 0.1) is 12.7 Å². The van der Waals surface area contributed by atoms with Crippen LogP contribution in [0.4, 0.5) is 4.39 Å². The van der Waals surface area contributed by atoms with Gasteiger partial charge >= 0.3 is 0 Å². The van der Waals surface area contributed by atoms with Crippen LogP contribution in [0.2, 0.25) is 0 Å². The maximum atomic E-state index is 13.4. The van der Waals surface area contributed by atoms with Gasteiger partial charge in [-0.2, -0.15) is 0 Å². The molecule has 0 N–H and O–H groups in total. The Morgan fingerprint density at radius 1 is 1.46 bits per heavy atom. The molecule has 0 nitrogen and oxygen atoms in total. The summed E-state index contributed by atoms with van der Waals surface area (Å²) in [7, 11) is 0. The first-order valence-electron chi connectivity index (χ1n) is 3.94. The predicted octanol–water partition coefficient (Wildman–Crippen LogP) is 4.07. The second-order valence-corrected chi connectivity index (χ2v) is 4.59. The molecule has 0 saturated carbocycles. The zero-order valence-corrected chi connectivity index (χ0v) is 9.06.